The molecule has 0 radical (unpaired) electrons. The lowest BCUT2D eigenvalue weighted by atomic mass is 9.80. The fourth-order valence-electron chi connectivity index (χ4n) is 1.92. The molecule has 4 heteroatoms. The Kier molecular flexibility index (Phi) is 3.38. The van der Waals surface area contributed by atoms with E-state index in [2.05, 4.69) is 17.2 Å². The molecule has 84 valence electrons. The van der Waals surface area contributed by atoms with Crippen molar-refractivity contribution >= 4 is 11.3 Å². The van der Waals surface area contributed by atoms with E-state index in [1.807, 2.05) is 12.6 Å². The quantitative estimate of drug-likeness (QED) is 0.835. The van der Waals surface area contributed by atoms with Crippen LogP contribution in [0.25, 0.3) is 0 Å². The van der Waals surface area contributed by atoms with Gasteiger partial charge in [0.15, 0.2) is 0 Å². The summed E-state index contributed by atoms with van der Waals surface area (Å²) < 4.78 is 5.55. The van der Waals surface area contributed by atoms with Crippen LogP contribution in [0.4, 0.5) is 0 Å². The van der Waals surface area contributed by atoms with Gasteiger partial charge in [-0.15, -0.1) is 11.3 Å². The van der Waals surface area contributed by atoms with Gasteiger partial charge in [0, 0.05) is 25.1 Å². The summed E-state index contributed by atoms with van der Waals surface area (Å²) in [5.41, 5.74) is 3.17. The van der Waals surface area contributed by atoms with E-state index in [9.17, 15) is 0 Å². The highest BCUT2D eigenvalue weighted by molar-refractivity contribution is 7.09. The number of thiazole rings is 1. The Labute approximate surface area is 94.9 Å². The van der Waals surface area contributed by atoms with Gasteiger partial charge >= 0.3 is 0 Å². The van der Waals surface area contributed by atoms with Crippen molar-refractivity contribution in [3.05, 3.63) is 16.1 Å². The van der Waals surface area contributed by atoms with Crippen molar-refractivity contribution in [2.75, 3.05) is 13.7 Å². The number of rotatable bonds is 5. The summed E-state index contributed by atoms with van der Waals surface area (Å²) in [6, 6.07) is 0. The van der Waals surface area contributed by atoms with Crippen molar-refractivity contribution in [3.8, 4) is 0 Å². The molecule has 1 aliphatic rings. The zero-order chi connectivity index (χ0) is 10.7. The molecular weight excluding hydrogens is 208 g/mol. The van der Waals surface area contributed by atoms with Gasteiger partial charge < -0.3 is 10.1 Å². The third kappa shape index (κ3) is 2.38. The number of aryl methyl sites for hydroxylation is 1. The van der Waals surface area contributed by atoms with Crippen LogP contribution in [0.2, 0.25) is 0 Å². The SMILES string of the molecule is COC1(CNCc2scnc2C)CCC1. The molecule has 0 spiro atoms. The molecule has 1 aromatic heterocycles. The number of aromatic nitrogens is 1. The molecule has 0 unspecified atom stereocenters. The van der Waals surface area contributed by atoms with Gasteiger partial charge in [-0.05, 0) is 26.2 Å². The highest BCUT2D eigenvalue weighted by atomic mass is 32.1. The average molecular weight is 226 g/mol. The zero-order valence-corrected chi connectivity index (χ0v) is 10.2. The van der Waals surface area contributed by atoms with E-state index < -0.39 is 0 Å². The minimum absolute atomic E-state index is 0.124. The summed E-state index contributed by atoms with van der Waals surface area (Å²) in [4.78, 5) is 5.57. The van der Waals surface area contributed by atoms with Gasteiger partial charge in [0.2, 0.25) is 0 Å². The molecule has 0 amide bonds. The third-order valence-electron chi connectivity index (χ3n) is 3.28. The fourth-order valence-corrected chi connectivity index (χ4v) is 2.67. The highest BCUT2D eigenvalue weighted by Gasteiger charge is 2.36. The van der Waals surface area contributed by atoms with Gasteiger partial charge in [0.05, 0.1) is 16.8 Å². The minimum atomic E-state index is 0.124. The molecule has 0 aromatic carbocycles. The second-order valence-electron chi connectivity index (χ2n) is 4.21. The molecular formula is C11H18N2OS. The summed E-state index contributed by atoms with van der Waals surface area (Å²) in [6.45, 7) is 3.94. The Hall–Kier alpha value is -0.450. The van der Waals surface area contributed by atoms with Crippen LogP contribution >= 0.6 is 11.3 Å². The number of nitrogens with zero attached hydrogens (tertiary/aromatic N) is 1. The summed E-state index contributed by atoms with van der Waals surface area (Å²) >= 11 is 1.72. The van der Waals surface area contributed by atoms with E-state index in [1.165, 1.54) is 24.1 Å². The van der Waals surface area contributed by atoms with Crippen LogP contribution < -0.4 is 5.32 Å². The maximum absolute atomic E-state index is 5.55. The van der Waals surface area contributed by atoms with Gasteiger partial charge in [-0.1, -0.05) is 0 Å². The van der Waals surface area contributed by atoms with E-state index in [1.54, 1.807) is 11.3 Å². The van der Waals surface area contributed by atoms with Crippen LogP contribution in [-0.2, 0) is 11.3 Å². The third-order valence-corrected chi connectivity index (χ3v) is 4.21. The van der Waals surface area contributed by atoms with Crippen molar-refractivity contribution in [3.63, 3.8) is 0 Å². The predicted molar refractivity (Wildman–Crippen MR) is 62.1 cm³/mol. The van der Waals surface area contributed by atoms with Crippen LogP contribution in [0.15, 0.2) is 5.51 Å². The molecule has 1 saturated carbocycles. The largest absolute Gasteiger partial charge is 0.377 e. The smallest absolute Gasteiger partial charge is 0.0802 e. The Morgan fingerprint density at radius 2 is 2.40 bits per heavy atom. The molecule has 2 rings (SSSR count). The van der Waals surface area contributed by atoms with Crippen molar-refractivity contribution in [1.29, 1.82) is 0 Å². The van der Waals surface area contributed by atoms with E-state index in [4.69, 9.17) is 4.74 Å². The molecule has 1 fully saturated rings. The first-order valence-electron chi connectivity index (χ1n) is 5.41. The topological polar surface area (TPSA) is 34.1 Å². The van der Waals surface area contributed by atoms with E-state index in [0.717, 1.165) is 18.8 Å². The Morgan fingerprint density at radius 3 is 2.87 bits per heavy atom. The molecule has 0 saturated heterocycles. The zero-order valence-electron chi connectivity index (χ0n) is 9.38. The molecule has 0 aliphatic heterocycles. The summed E-state index contributed by atoms with van der Waals surface area (Å²) in [5.74, 6) is 0. The Balaban J connectivity index is 1.77. The average Bonchev–Trinajstić information content (AvgIpc) is 2.57. The number of hydrogen-bond acceptors (Lipinski definition) is 4. The number of ether oxygens (including phenoxy) is 1. The lowest BCUT2D eigenvalue weighted by molar-refractivity contribution is -0.0695. The van der Waals surface area contributed by atoms with Crippen molar-refractivity contribution < 1.29 is 4.74 Å². The first-order chi connectivity index (χ1) is 7.26. The number of nitrogens with one attached hydrogen (secondary N) is 1. The van der Waals surface area contributed by atoms with Crippen molar-refractivity contribution in [1.82, 2.24) is 10.3 Å². The van der Waals surface area contributed by atoms with Crippen LogP contribution in [0.3, 0.4) is 0 Å². The van der Waals surface area contributed by atoms with Crippen molar-refractivity contribution in [2.45, 2.75) is 38.3 Å². The fraction of sp³-hybridized carbons (Fsp3) is 0.727. The maximum Gasteiger partial charge on any atom is 0.0802 e. The van der Waals surface area contributed by atoms with E-state index in [-0.39, 0.29) is 5.60 Å². The molecule has 0 bridgehead atoms. The molecule has 1 N–H and O–H groups in total. The molecule has 15 heavy (non-hydrogen) atoms. The van der Waals surface area contributed by atoms with E-state index in [0.29, 0.717) is 0 Å². The Bertz CT molecular complexity index is 315. The van der Waals surface area contributed by atoms with Gasteiger partial charge in [-0.25, -0.2) is 4.98 Å². The van der Waals surface area contributed by atoms with Crippen LogP contribution in [-0.4, -0.2) is 24.2 Å². The number of methoxy groups -OCH3 is 1. The van der Waals surface area contributed by atoms with Gasteiger partial charge in [0.1, 0.15) is 0 Å². The normalized spacial score (nSPS) is 18.8. The molecule has 0 atom stereocenters. The molecule has 1 aromatic rings. The predicted octanol–water partition coefficient (Wildman–Crippen LogP) is 2.11. The lowest BCUT2D eigenvalue weighted by Crippen LogP contribution is -2.47. The highest BCUT2D eigenvalue weighted by Crippen LogP contribution is 2.34. The second-order valence-corrected chi connectivity index (χ2v) is 5.14. The van der Waals surface area contributed by atoms with Crippen LogP contribution in [0.5, 0.6) is 0 Å². The Morgan fingerprint density at radius 1 is 1.60 bits per heavy atom. The van der Waals surface area contributed by atoms with E-state index >= 15 is 0 Å². The number of hydrogen-bond donors (Lipinski definition) is 1. The monoisotopic (exact) mass is 226 g/mol. The van der Waals surface area contributed by atoms with Gasteiger partial charge in [0.25, 0.3) is 0 Å². The van der Waals surface area contributed by atoms with Gasteiger partial charge in [-0.2, -0.15) is 0 Å². The molecule has 3 nitrogen and oxygen atoms in total. The first-order valence-corrected chi connectivity index (χ1v) is 6.28. The summed E-state index contributed by atoms with van der Waals surface area (Å²) in [6.07, 6.45) is 3.69. The first kappa shape index (κ1) is 11.0. The lowest BCUT2D eigenvalue weighted by Gasteiger charge is -2.40. The molecule has 1 aliphatic carbocycles. The second kappa shape index (κ2) is 4.60. The summed E-state index contributed by atoms with van der Waals surface area (Å²) in [7, 11) is 1.82. The standard InChI is InChI=1S/C11H18N2OS/c1-9-10(15-8-13-9)6-12-7-11(14-2)4-3-5-11/h8,12H,3-7H2,1-2H3. The van der Waals surface area contributed by atoms with Crippen molar-refractivity contribution in [2.24, 2.45) is 0 Å². The molecule has 1 heterocycles. The minimum Gasteiger partial charge on any atom is -0.377 e. The maximum atomic E-state index is 5.55. The van der Waals surface area contributed by atoms with Gasteiger partial charge in [-0.3, -0.25) is 0 Å². The summed E-state index contributed by atoms with van der Waals surface area (Å²) in [5, 5.41) is 3.47. The van der Waals surface area contributed by atoms with Crippen LogP contribution in [0, 0.1) is 6.92 Å². The van der Waals surface area contributed by atoms with Crippen LogP contribution in [0.1, 0.15) is 29.8 Å².